The lowest BCUT2D eigenvalue weighted by atomic mass is 10.2. The fourth-order valence-corrected chi connectivity index (χ4v) is 1.83. The van der Waals surface area contributed by atoms with Crippen LogP contribution in [0.1, 0.15) is 26.3 Å². The van der Waals surface area contributed by atoms with Crippen molar-refractivity contribution in [3.8, 4) is 5.75 Å². The first-order valence-corrected chi connectivity index (χ1v) is 6.38. The zero-order valence-electron chi connectivity index (χ0n) is 11.3. The minimum absolute atomic E-state index is 0.111. The topological polar surface area (TPSA) is 52.6 Å². The van der Waals surface area contributed by atoms with Crippen LogP contribution in [0.25, 0.3) is 0 Å². The van der Waals surface area contributed by atoms with E-state index in [4.69, 9.17) is 0 Å². The van der Waals surface area contributed by atoms with Gasteiger partial charge in [-0.3, -0.25) is 4.79 Å². The van der Waals surface area contributed by atoms with E-state index in [2.05, 4.69) is 5.32 Å². The summed E-state index contributed by atoms with van der Waals surface area (Å²) in [6, 6.07) is 6.83. The van der Waals surface area contributed by atoms with Crippen LogP contribution >= 0.6 is 0 Å². The van der Waals surface area contributed by atoms with Crippen LogP contribution in [0.15, 0.2) is 24.3 Å². The quantitative estimate of drug-likeness (QED) is 0.808. The number of nitrogens with zero attached hydrogens (tertiary/aromatic N) is 1. The van der Waals surface area contributed by atoms with Gasteiger partial charge in [0.25, 0.3) is 0 Å². The van der Waals surface area contributed by atoms with Gasteiger partial charge >= 0.3 is 0 Å². The Hall–Kier alpha value is -1.55. The molecular weight excluding hydrogens is 228 g/mol. The molecule has 0 aromatic heterocycles. The highest BCUT2D eigenvalue weighted by Gasteiger charge is 2.17. The van der Waals surface area contributed by atoms with E-state index >= 15 is 0 Å². The molecule has 1 atom stereocenters. The van der Waals surface area contributed by atoms with Crippen LogP contribution in [0.5, 0.6) is 5.75 Å². The third-order valence-corrected chi connectivity index (χ3v) is 2.97. The lowest BCUT2D eigenvalue weighted by molar-refractivity contribution is -0.132. The molecule has 18 heavy (non-hydrogen) atoms. The van der Waals surface area contributed by atoms with Crippen molar-refractivity contribution in [2.24, 2.45) is 0 Å². The number of hydrogen-bond donors (Lipinski definition) is 2. The molecule has 1 amide bonds. The predicted octanol–water partition coefficient (Wildman–Crippen LogP) is 1.74. The maximum absolute atomic E-state index is 12.0. The number of likely N-dealkylation sites (N-methyl/N-ethyl adjacent to an activating group) is 1. The standard InChI is InChI=1S/C14H22N2O2/c1-4-16(5-2)14(18)11(3)15-10-12-7-6-8-13(17)9-12/h6-9,11,15,17H,4-5,10H2,1-3H3. The molecule has 4 nitrogen and oxygen atoms in total. The molecule has 1 aromatic carbocycles. The molecule has 0 spiro atoms. The highest BCUT2D eigenvalue weighted by atomic mass is 16.3. The Kier molecular flexibility index (Phi) is 5.65. The summed E-state index contributed by atoms with van der Waals surface area (Å²) in [5, 5.41) is 12.5. The SMILES string of the molecule is CCN(CC)C(=O)C(C)NCc1cccc(O)c1. The lowest BCUT2D eigenvalue weighted by Gasteiger charge is -2.23. The zero-order chi connectivity index (χ0) is 13.5. The van der Waals surface area contributed by atoms with Crippen LogP contribution in [0, 0.1) is 0 Å². The number of phenolic OH excluding ortho intramolecular Hbond substituents is 1. The number of carbonyl (C=O) groups is 1. The normalized spacial score (nSPS) is 12.2. The third kappa shape index (κ3) is 4.04. The van der Waals surface area contributed by atoms with Gasteiger partial charge < -0.3 is 15.3 Å². The monoisotopic (exact) mass is 250 g/mol. The zero-order valence-corrected chi connectivity index (χ0v) is 11.3. The molecule has 4 heteroatoms. The van der Waals surface area contributed by atoms with Gasteiger partial charge in [0, 0.05) is 19.6 Å². The van der Waals surface area contributed by atoms with Crippen LogP contribution < -0.4 is 5.32 Å². The third-order valence-electron chi connectivity index (χ3n) is 2.97. The molecule has 0 bridgehead atoms. The minimum Gasteiger partial charge on any atom is -0.508 e. The largest absolute Gasteiger partial charge is 0.508 e. The Morgan fingerprint density at radius 3 is 2.61 bits per heavy atom. The van der Waals surface area contributed by atoms with Crippen molar-refractivity contribution in [3.63, 3.8) is 0 Å². The molecule has 1 unspecified atom stereocenters. The van der Waals surface area contributed by atoms with E-state index in [1.165, 1.54) is 0 Å². The van der Waals surface area contributed by atoms with E-state index in [-0.39, 0.29) is 17.7 Å². The molecule has 1 aromatic rings. The first kappa shape index (κ1) is 14.5. The van der Waals surface area contributed by atoms with Gasteiger partial charge in [-0.2, -0.15) is 0 Å². The van der Waals surface area contributed by atoms with E-state index in [1.54, 1.807) is 23.1 Å². The van der Waals surface area contributed by atoms with Crippen molar-refractivity contribution in [2.45, 2.75) is 33.4 Å². The van der Waals surface area contributed by atoms with Crippen molar-refractivity contribution >= 4 is 5.91 Å². The summed E-state index contributed by atoms with van der Waals surface area (Å²) in [4.78, 5) is 13.8. The van der Waals surface area contributed by atoms with Crippen molar-refractivity contribution in [1.82, 2.24) is 10.2 Å². The van der Waals surface area contributed by atoms with Crippen LogP contribution in [-0.2, 0) is 11.3 Å². The van der Waals surface area contributed by atoms with E-state index < -0.39 is 0 Å². The highest BCUT2D eigenvalue weighted by molar-refractivity contribution is 5.81. The summed E-state index contributed by atoms with van der Waals surface area (Å²) in [5.74, 6) is 0.358. The Bertz CT molecular complexity index is 389. The Labute approximate surface area is 109 Å². The first-order valence-electron chi connectivity index (χ1n) is 6.38. The van der Waals surface area contributed by atoms with Crippen molar-refractivity contribution in [1.29, 1.82) is 0 Å². The summed E-state index contributed by atoms with van der Waals surface area (Å²) in [6.07, 6.45) is 0. The number of rotatable bonds is 6. The smallest absolute Gasteiger partial charge is 0.239 e. The van der Waals surface area contributed by atoms with Gasteiger partial charge in [-0.05, 0) is 38.5 Å². The fraction of sp³-hybridized carbons (Fsp3) is 0.500. The number of carbonyl (C=O) groups excluding carboxylic acids is 1. The maximum atomic E-state index is 12.0. The second kappa shape index (κ2) is 7.01. The second-order valence-corrected chi connectivity index (χ2v) is 4.28. The summed E-state index contributed by atoms with van der Waals surface area (Å²) in [6.45, 7) is 7.85. The molecule has 0 aliphatic rings. The van der Waals surface area contributed by atoms with E-state index in [1.807, 2.05) is 26.8 Å². The van der Waals surface area contributed by atoms with E-state index in [0.29, 0.717) is 6.54 Å². The summed E-state index contributed by atoms with van der Waals surface area (Å²) in [5.41, 5.74) is 0.967. The number of aromatic hydroxyl groups is 1. The van der Waals surface area contributed by atoms with Crippen molar-refractivity contribution < 1.29 is 9.90 Å². The predicted molar refractivity (Wildman–Crippen MR) is 72.3 cm³/mol. The molecule has 0 aliphatic carbocycles. The van der Waals surface area contributed by atoms with Crippen molar-refractivity contribution in [2.75, 3.05) is 13.1 Å². The van der Waals surface area contributed by atoms with Gasteiger partial charge in [0.05, 0.1) is 6.04 Å². The highest BCUT2D eigenvalue weighted by Crippen LogP contribution is 2.10. The number of phenols is 1. The molecule has 0 radical (unpaired) electrons. The molecule has 0 heterocycles. The number of nitrogens with one attached hydrogen (secondary N) is 1. The average Bonchev–Trinajstić information content (AvgIpc) is 2.37. The van der Waals surface area contributed by atoms with Crippen LogP contribution in [0.2, 0.25) is 0 Å². The summed E-state index contributed by atoms with van der Waals surface area (Å²) in [7, 11) is 0. The molecule has 1 rings (SSSR count). The average molecular weight is 250 g/mol. The van der Waals surface area contributed by atoms with Gasteiger partial charge in [-0.1, -0.05) is 12.1 Å². The Morgan fingerprint density at radius 1 is 1.39 bits per heavy atom. The minimum atomic E-state index is -0.216. The van der Waals surface area contributed by atoms with Gasteiger partial charge in [-0.15, -0.1) is 0 Å². The second-order valence-electron chi connectivity index (χ2n) is 4.28. The van der Waals surface area contributed by atoms with E-state index in [0.717, 1.165) is 18.7 Å². The molecule has 0 saturated heterocycles. The van der Waals surface area contributed by atoms with Gasteiger partial charge in [0.15, 0.2) is 0 Å². The molecule has 0 aliphatic heterocycles. The molecule has 2 N–H and O–H groups in total. The molecule has 100 valence electrons. The van der Waals surface area contributed by atoms with E-state index in [9.17, 15) is 9.90 Å². The van der Waals surface area contributed by atoms with Crippen LogP contribution in [-0.4, -0.2) is 35.0 Å². The molecule has 0 saturated carbocycles. The number of hydrogen-bond acceptors (Lipinski definition) is 3. The fourth-order valence-electron chi connectivity index (χ4n) is 1.83. The van der Waals surface area contributed by atoms with Crippen LogP contribution in [0.3, 0.4) is 0 Å². The summed E-state index contributed by atoms with van der Waals surface area (Å²) >= 11 is 0. The number of benzene rings is 1. The van der Waals surface area contributed by atoms with Gasteiger partial charge in [0.1, 0.15) is 5.75 Å². The number of amides is 1. The van der Waals surface area contributed by atoms with Gasteiger partial charge in [0.2, 0.25) is 5.91 Å². The van der Waals surface area contributed by atoms with Gasteiger partial charge in [-0.25, -0.2) is 0 Å². The summed E-state index contributed by atoms with van der Waals surface area (Å²) < 4.78 is 0. The molecule has 0 fully saturated rings. The maximum Gasteiger partial charge on any atom is 0.239 e. The first-order chi connectivity index (χ1) is 8.58. The lowest BCUT2D eigenvalue weighted by Crippen LogP contribution is -2.44. The van der Waals surface area contributed by atoms with Crippen molar-refractivity contribution in [3.05, 3.63) is 29.8 Å². The molecular formula is C14H22N2O2. The van der Waals surface area contributed by atoms with Crippen LogP contribution in [0.4, 0.5) is 0 Å². The Morgan fingerprint density at radius 2 is 2.06 bits per heavy atom. The Balaban J connectivity index is 2.50.